The van der Waals surface area contributed by atoms with Crippen LogP contribution in [0.3, 0.4) is 0 Å². The van der Waals surface area contributed by atoms with Crippen LogP contribution in [-0.4, -0.2) is 9.97 Å². The minimum Gasteiger partial charge on any atom is -0.453 e. The number of para-hydroxylation sites is 1. The number of ether oxygens (including phenoxy) is 1. The van der Waals surface area contributed by atoms with Gasteiger partial charge in [-0.05, 0) is 31.2 Å². The van der Waals surface area contributed by atoms with E-state index in [1.54, 1.807) is 12.1 Å². The van der Waals surface area contributed by atoms with Crippen molar-refractivity contribution in [1.29, 1.82) is 5.26 Å². The van der Waals surface area contributed by atoms with E-state index in [9.17, 15) is 0 Å². The van der Waals surface area contributed by atoms with Gasteiger partial charge in [0.25, 0.3) is 0 Å². The Morgan fingerprint density at radius 1 is 1.10 bits per heavy atom. The third-order valence-electron chi connectivity index (χ3n) is 2.90. The first-order valence-corrected chi connectivity index (χ1v) is 6.16. The maximum Gasteiger partial charge on any atom is 0.153 e. The molecule has 0 N–H and O–H groups in total. The SMILES string of the molecule is Cc1ccc2cccc(Oc3ccc(C#N)nc3)c2n1. The Balaban J connectivity index is 2.01. The van der Waals surface area contributed by atoms with Crippen LogP contribution < -0.4 is 4.74 Å². The van der Waals surface area contributed by atoms with Crippen LogP contribution in [0.2, 0.25) is 0 Å². The molecule has 0 aliphatic rings. The average molecular weight is 261 g/mol. The quantitative estimate of drug-likeness (QED) is 0.707. The smallest absolute Gasteiger partial charge is 0.153 e. The van der Waals surface area contributed by atoms with E-state index in [2.05, 4.69) is 9.97 Å². The molecule has 0 aliphatic carbocycles. The fourth-order valence-electron chi connectivity index (χ4n) is 1.93. The van der Waals surface area contributed by atoms with E-state index < -0.39 is 0 Å². The Hall–Kier alpha value is -2.93. The molecule has 0 saturated carbocycles. The topological polar surface area (TPSA) is 58.8 Å². The molecule has 3 rings (SSSR count). The molecule has 0 spiro atoms. The van der Waals surface area contributed by atoms with E-state index in [-0.39, 0.29) is 0 Å². The Labute approximate surface area is 116 Å². The third-order valence-corrected chi connectivity index (χ3v) is 2.90. The van der Waals surface area contributed by atoms with E-state index in [4.69, 9.17) is 10.00 Å². The zero-order valence-corrected chi connectivity index (χ0v) is 10.9. The van der Waals surface area contributed by atoms with Gasteiger partial charge in [0.15, 0.2) is 5.75 Å². The molecule has 0 unspecified atom stereocenters. The molecule has 0 bridgehead atoms. The standard InChI is InChI=1S/C16H11N3O/c1-11-5-6-12-3-2-4-15(16(12)19-11)20-14-8-7-13(9-17)18-10-14/h2-8,10H,1H3. The molecular weight excluding hydrogens is 250 g/mol. The van der Waals surface area contributed by atoms with Crippen LogP contribution >= 0.6 is 0 Å². The lowest BCUT2D eigenvalue weighted by Crippen LogP contribution is -1.91. The lowest BCUT2D eigenvalue weighted by molar-refractivity contribution is 0.484. The fourth-order valence-corrected chi connectivity index (χ4v) is 1.93. The van der Waals surface area contributed by atoms with Crippen molar-refractivity contribution in [2.24, 2.45) is 0 Å². The van der Waals surface area contributed by atoms with Gasteiger partial charge >= 0.3 is 0 Å². The predicted molar refractivity (Wildman–Crippen MR) is 75.5 cm³/mol. The van der Waals surface area contributed by atoms with Crippen LogP contribution in [0.5, 0.6) is 11.5 Å². The Morgan fingerprint density at radius 2 is 2.00 bits per heavy atom. The van der Waals surface area contributed by atoms with Crippen molar-refractivity contribution in [2.45, 2.75) is 6.92 Å². The summed E-state index contributed by atoms with van der Waals surface area (Å²) in [5.74, 6) is 1.26. The van der Waals surface area contributed by atoms with Crippen molar-refractivity contribution in [1.82, 2.24) is 9.97 Å². The van der Waals surface area contributed by atoms with Gasteiger partial charge in [-0.25, -0.2) is 9.97 Å². The first-order valence-electron chi connectivity index (χ1n) is 6.16. The van der Waals surface area contributed by atoms with Gasteiger partial charge in [0.1, 0.15) is 23.0 Å². The highest BCUT2D eigenvalue weighted by Gasteiger charge is 2.05. The molecule has 4 heteroatoms. The van der Waals surface area contributed by atoms with E-state index >= 15 is 0 Å². The second kappa shape index (κ2) is 4.98. The summed E-state index contributed by atoms with van der Waals surface area (Å²) in [4.78, 5) is 8.49. The molecule has 0 amide bonds. The van der Waals surface area contributed by atoms with Crippen molar-refractivity contribution < 1.29 is 4.74 Å². The van der Waals surface area contributed by atoms with Gasteiger partial charge in [-0.3, -0.25) is 0 Å². The van der Waals surface area contributed by atoms with Crippen molar-refractivity contribution in [3.63, 3.8) is 0 Å². The zero-order valence-electron chi connectivity index (χ0n) is 10.9. The molecule has 0 radical (unpaired) electrons. The minimum atomic E-state index is 0.365. The third kappa shape index (κ3) is 2.29. The number of hydrogen-bond donors (Lipinski definition) is 0. The lowest BCUT2D eigenvalue weighted by Gasteiger charge is -2.08. The van der Waals surface area contributed by atoms with E-state index in [1.165, 1.54) is 6.20 Å². The van der Waals surface area contributed by atoms with Crippen molar-refractivity contribution >= 4 is 10.9 Å². The largest absolute Gasteiger partial charge is 0.453 e. The number of nitrogens with zero attached hydrogens (tertiary/aromatic N) is 3. The first-order chi connectivity index (χ1) is 9.76. The molecule has 96 valence electrons. The van der Waals surface area contributed by atoms with Gasteiger partial charge < -0.3 is 4.74 Å². The Bertz CT molecular complexity index is 804. The zero-order chi connectivity index (χ0) is 13.9. The summed E-state index contributed by atoms with van der Waals surface area (Å²) in [6.45, 7) is 1.94. The van der Waals surface area contributed by atoms with Crippen molar-refractivity contribution in [3.05, 3.63) is 60.0 Å². The summed E-state index contributed by atoms with van der Waals surface area (Å²) in [6, 6.07) is 15.1. The summed E-state index contributed by atoms with van der Waals surface area (Å²) in [6.07, 6.45) is 1.53. The molecule has 4 nitrogen and oxygen atoms in total. The highest BCUT2D eigenvalue weighted by atomic mass is 16.5. The second-order valence-electron chi connectivity index (χ2n) is 4.37. The Kier molecular flexibility index (Phi) is 3.02. The Morgan fingerprint density at radius 3 is 2.75 bits per heavy atom. The van der Waals surface area contributed by atoms with Crippen LogP contribution in [-0.2, 0) is 0 Å². The van der Waals surface area contributed by atoms with Gasteiger partial charge in [0, 0.05) is 11.1 Å². The summed E-state index contributed by atoms with van der Waals surface area (Å²) >= 11 is 0. The summed E-state index contributed by atoms with van der Waals surface area (Å²) in [5, 5.41) is 9.75. The number of aryl methyl sites for hydroxylation is 1. The first kappa shape index (κ1) is 12.1. The predicted octanol–water partition coefficient (Wildman–Crippen LogP) is 3.60. The van der Waals surface area contributed by atoms with Gasteiger partial charge in [0.05, 0.1) is 6.20 Å². The monoisotopic (exact) mass is 261 g/mol. The van der Waals surface area contributed by atoms with Crippen LogP contribution in [0.1, 0.15) is 11.4 Å². The van der Waals surface area contributed by atoms with Crippen LogP contribution in [0.4, 0.5) is 0 Å². The van der Waals surface area contributed by atoms with Crippen LogP contribution in [0, 0.1) is 18.3 Å². The molecular formula is C16H11N3O. The summed E-state index contributed by atoms with van der Waals surface area (Å²) < 4.78 is 5.81. The molecule has 0 saturated heterocycles. The average Bonchev–Trinajstić information content (AvgIpc) is 2.49. The van der Waals surface area contributed by atoms with E-state index in [0.717, 1.165) is 16.6 Å². The van der Waals surface area contributed by atoms with E-state index in [1.807, 2.05) is 43.3 Å². The second-order valence-corrected chi connectivity index (χ2v) is 4.37. The molecule has 0 aliphatic heterocycles. The number of pyridine rings is 2. The van der Waals surface area contributed by atoms with Crippen molar-refractivity contribution in [3.8, 4) is 17.6 Å². The molecule has 20 heavy (non-hydrogen) atoms. The lowest BCUT2D eigenvalue weighted by atomic mass is 10.2. The molecule has 2 aromatic heterocycles. The minimum absolute atomic E-state index is 0.365. The van der Waals surface area contributed by atoms with Crippen molar-refractivity contribution in [2.75, 3.05) is 0 Å². The number of nitriles is 1. The number of fused-ring (bicyclic) bond motifs is 1. The molecule has 2 heterocycles. The molecule has 1 aromatic carbocycles. The number of aromatic nitrogens is 2. The van der Waals surface area contributed by atoms with Gasteiger partial charge in [-0.15, -0.1) is 0 Å². The number of rotatable bonds is 2. The highest BCUT2D eigenvalue weighted by molar-refractivity contribution is 5.84. The normalized spacial score (nSPS) is 10.2. The van der Waals surface area contributed by atoms with Crippen LogP contribution in [0.15, 0.2) is 48.7 Å². The van der Waals surface area contributed by atoms with Crippen LogP contribution in [0.25, 0.3) is 10.9 Å². The molecule has 0 fully saturated rings. The summed E-state index contributed by atoms with van der Waals surface area (Å²) in [5.41, 5.74) is 2.12. The van der Waals surface area contributed by atoms with Gasteiger partial charge in [-0.1, -0.05) is 18.2 Å². The maximum absolute atomic E-state index is 8.73. The maximum atomic E-state index is 8.73. The number of benzene rings is 1. The highest BCUT2D eigenvalue weighted by Crippen LogP contribution is 2.28. The number of hydrogen-bond acceptors (Lipinski definition) is 4. The van der Waals surface area contributed by atoms with Gasteiger partial charge in [0.2, 0.25) is 0 Å². The molecule has 3 aromatic rings. The fraction of sp³-hybridized carbons (Fsp3) is 0.0625. The van der Waals surface area contributed by atoms with E-state index in [0.29, 0.717) is 17.2 Å². The van der Waals surface area contributed by atoms with Gasteiger partial charge in [-0.2, -0.15) is 5.26 Å². The summed E-state index contributed by atoms with van der Waals surface area (Å²) in [7, 11) is 0. The molecule has 0 atom stereocenters.